The van der Waals surface area contributed by atoms with Gasteiger partial charge in [0, 0.05) is 6.42 Å². The zero-order valence-electron chi connectivity index (χ0n) is 13.2. The molecule has 0 bridgehead atoms. The molecule has 1 aromatic rings. The zero-order chi connectivity index (χ0) is 19.0. The largest absolute Gasteiger partial charge is 0.420 e. The second-order valence-electron chi connectivity index (χ2n) is 4.80. The molecule has 0 fully saturated rings. The molecular formula is C15H15F5O5. The number of esters is 1. The minimum absolute atomic E-state index is 0.0307. The Bertz CT molecular complexity index is 606. The van der Waals surface area contributed by atoms with Crippen LogP contribution in [0.25, 0.3) is 0 Å². The van der Waals surface area contributed by atoms with E-state index in [0.29, 0.717) is 0 Å². The van der Waals surface area contributed by atoms with Crippen LogP contribution in [0.2, 0.25) is 0 Å². The molecule has 0 radical (unpaired) electrons. The molecule has 0 spiro atoms. The Morgan fingerprint density at radius 3 is 1.64 bits per heavy atom. The lowest BCUT2D eigenvalue weighted by Crippen LogP contribution is -2.16. The van der Waals surface area contributed by atoms with E-state index in [-0.39, 0.29) is 38.6 Å². The highest BCUT2D eigenvalue weighted by Crippen LogP contribution is 2.29. The Hall–Kier alpha value is -2.07. The van der Waals surface area contributed by atoms with Crippen LogP contribution < -0.4 is 4.74 Å². The monoisotopic (exact) mass is 370 g/mol. The molecule has 0 saturated carbocycles. The summed E-state index contributed by atoms with van der Waals surface area (Å²) < 4.78 is 79.5. The number of benzene rings is 1. The first kappa shape index (κ1) is 21.0. The van der Waals surface area contributed by atoms with E-state index in [0.717, 1.165) is 0 Å². The summed E-state index contributed by atoms with van der Waals surface area (Å²) in [4.78, 5) is 22.0. The number of Topliss-reactive ketones (excluding diaryl/α,β-unsaturated/α-hetero) is 1. The molecule has 0 unspecified atom stereocenters. The van der Waals surface area contributed by atoms with Crippen molar-refractivity contribution in [3.8, 4) is 5.75 Å². The van der Waals surface area contributed by atoms with E-state index >= 15 is 0 Å². The van der Waals surface area contributed by atoms with Crippen molar-refractivity contribution in [1.82, 2.24) is 0 Å². The van der Waals surface area contributed by atoms with E-state index in [2.05, 4.69) is 4.74 Å². The lowest BCUT2D eigenvalue weighted by atomic mass is 10.2. The Morgan fingerprint density at radius 2 is 1.16 bits per heavy atom. The fourth-order valence-corrected chi connectivity index (χ4v) is 1.53. The molecule has 1 aromatic carbocycles. The molecule has 0 aromatic heterocycles. The van der Waals surface area contributed by atoms with Gasteiger partial charge in [-0.05, 0) is 6.92 Å². The summed E-state index contributed by atoms with van der Waals surface area (Å²) in [5.74, 6) is -14.1. The smallest absolute Gasteiger partial charge is 0.313 e. The summed E-state index contributed by atoms with van der Waals surface area (Å²) in [7, 11) is 0. The lowest BCUT2D eigenvalue weighted by molar-refractivity contribution is -0.136. The van der Waals surface area contributed by atoms with Crippen molar-refractivity contribution in [2.24, 2.45) is 0 Å². The first-order chi connectivity index (χ1) is 11.8. The van der Waals surface area contributed by atoms with Crippen LogP contribution in [0.4, 0.5) is 22.0 Å². The first-order valence-electron chi connectivity index (χ1n) is 7.12. The minimum Gasteiger partial charge on any atom is -0.420 e. The van der Waals surface area contributed by atoms with E-state index < -0.39 is 47.2 Å². The molecule has 0 aliphatic heterocycles. The van der Waals surface area contributed by atoms with Crippen LogP contribution in [-0.2, 0) is 19.1 Å². The third kappa shape index (κ3) is 6.39. The molecule has 0 atom stereocenters. The van der Waals surface area contributed by atoms with Gasteiger partial charge in [-0.3, -0.25) is 9.59 Å². The van der Waals surface area contributed by atoms with Crippen LogP contribution in [0.1, 0.15) is 19.8 Å². The number of ether oxygens (including phenoxy) is 3. The summed E-state index contributed by atoms with van der Waals surface area (Å²) in [6.45, 7) is 1.65. The molecule has 0 amide bonds. The van der Waals surface area contributed by atoms with E-state index in [9.17, 15) is 31.5 Å². The number of ketones is 1. The number of halogens is 5. The molecule has 0 aliphatic rings. The highest BCUT2D eigenvalue weighted by molar-refractivity contribution is 5.75. The van der Waals surface area contributed by atoms with Gasteiger partial charge in [0.1, 0.15) is 5.78 Å². The Kier molecular flexibility index (Phi) is 8.42. The zero-order valence-corrected chi connectivity index (χ0v) is 13.2. The molecule has 1 rings (SSSR count). The Balaban J connectivity index is 2.37. The van der Waals surface area contributed by atoms with Crippen LogP contribution in [0.3, 0.4) is 0 Å². The van der Waals surface area contributed by atoms with Crippen LogP contribution in [0.5, 0.6) is 5.75 Å². The number of carbonyl (C=O) groups excluding carboxylic acids is 2. The molecule has 0 heterocycles. The van der Waals surface area contributed by atoms with Crippen LogP contribution in [0, 0.1) is 29.1 Å². The highest BCUT2D eigenvalue weighted by atomic mass is 19.2. The van der Waals surface area contributed by atoms with Crippen molar-refractivity contribution in [3.63, 3.8) is 0 Å². The van der Waals surface area contributed by atoms with Gasteiger partial charge < -0.3 is 14.2 Å². The van der Waals surface area contributed by atoms with Crippen molar-refractivity contribution in [2.75, 3.05) is 26.4 Å². The van der Waals surface area contributed by atoms with Gasteiger partial charge in [-0.2, -0.15) is 8.78 Å². The molecule has 0 saturated heterocycles. The average Bonchev–Trinajstić information content (AvgIpc) is 2.57. The number of rotatable bonds is 10. The van der Waals surface area contributed by atoms with Gasteiger partial charge in [0.15, 0.2) is 0 Å². The van der Waals surface area contributed by atoms with E-state index in [1.54, 1.807) is 0 Å². The average molecular weight is 370 g/mol. The molecule has 5 nitrogen and oxygen atoms in total. The van der Waals surface area contributed by atoms with Crippen molar-refractivity contribution >= 4 is 11.8 Å². The fourth-order valence-electron chi connectivity index (χ4n) is 1.53. The number of hydrogen-bond donors (Lipinski definition) is 0. The maximum Gasteiger partial charge on any atom is 0.313 e. The van der Waals surface area contributed by atoms with Crippen molar-refractivity contribution in [1.29, 1.82) is 0 Å². The van der Waals surface area contributed by atoms with E-state index in [1.165, 1.54) is 6.92 Å². The van der Waals surface area contributed by atoms with E-state index in [1.807, 2.05) is 0 Å². The van der Waals surface area contributed by atoms with Gasteiger partial charge in [-0.1, -0.05) is 0 Å². The normalized spacial score (nSPS) is 10.8. The second kappa shape index (κ2) is 10.0. The van der Waals surface area contributed by atoms with Crippen molar-refractivity contribution in [3.05, 3.63) is 29.1 Å². The number of carbonyl (C=O) groups is 2. The van der Waals surface area contributed by atoms with Gasteiger partial charge in [0.25, 0.3) is 0 Å². The van der Waals surface area contributed by atoms with Gasteiger partial charge in [-0.15, -0.1) is 0 Å². The Labute approximate surface area is 139 Å². The third-order valence-corrected chi connectivity index (χ3v) is 2.81. The lowest BCUT2D eigenvalue weighted by Gasteiger charge is -2.09. The predicted molar refractivity (Wildman–Crippen MR) is 73.4 cm³/mol. The molecular weight excluding hydrogens is 355 g/mol. The van der Waals surface area contributed by atoms with Crippen molar-refractivity contribution in [2.45, 2.75) is 19.8 Å². The maximum atomic E-state index is 13.3. The second-order valence-corrected chi connectivity index (χ2v) is 4.80. The van der Waals surface area contributed by atoms with Crippen LogP contribution in [-0.4, -0.2) is 38.2 Å². The molecule has 10 heteroatoms. The van der Waals surface area contributed by atoms with Gasteiger partial charge >= 0.3 is 5.97 Å². The van der Waals surface area contributed by atoms with Crippen molar-refractivity contribution < 1.29 is 45.8 Å². The fraction of sp³-hybridized carbons (Fsp3) is 0.467. The van der Waals surface area contributed by atoms with Crippen LogP contribution >= 0.6 is 0 Å². The SMILES string of the molecule is CC(=O)CCOCCOCCC(=O)Oc1c(F)c(F)c(F)c(F)c1F. The molecule has 0 aliphatic carbocycles. The number of hydrogen-bond acceptors (Lipinski definition) is 5. The first-order valence-corrected chi connectivity index (χ1v) is 7.12. The maximum absolute atomic E-state index is 13.3. The molecule has 25 heavy (non-hydrogen) atoms. The summed E-state index contributed by atoms with van der Waals surface area (Å²) >= 11 is 0. The minimum atomic E-state index is -2.34. The summed E-state index contributed by atoms with van der Waals surface area (Å²) in [5.41, 5.74) is 0. The summed E-state index contributed by atoms with van der Waals surface area (Å²) in [6.07, 6.45) is -0.221. The van der Waals surface area contributed by atoms with Crippen LogP contribution in [0.15, 0.2) is 0 Å². The van der Waals surface area contributed by atoms with Gasteiger partial charge in [0.2, 0.25) is 34.8 Å². The standard InChI is InChI=1S/C15H15F5O5/c1-8(21)2-4-23-6-7-24-5-3-9(22)25-15-13(19)11(17)10(16)12(18)14(15)20/h2-7H2,1H3. The molecule has 140 valence electrons. The molecule has 0 N–H and O–H groups in total. The van der Waals surface area contributed by atoms with Gasteiger partial charge in [0.05, 0.1) is 32.8 Å². The summed E-state index contributed by atoms with van der Waals surface area (Å²) in [6, 6.07) is 0. The topological polar surface area (TPSA) is 61.8 Å². The van der Waals surface area contributed by atoms with E-state index in [4.69, 9.17) is 9.47 Å². The Morgan fingerprint density at radius 1 is 0.720 bits per heavy atom. The highest BCUT2D eigenvalue weighted by Gasteiger charge is 2.28. The van der Waals surface area contributed by atoms with Gasteiger partial charge in [-0.25, -0.2) is 13.2 Å². The quantitative estimate of drug-likeness (QED) is 0.158. The third-order valence-electron chi connectivity index (χ3n) is 2.81. The predicted octanol–water partition coefficient (Wildman–Crippen LogP) is 2.69. The summed E-state index contributed by atoms with van der Waals surface area (Å²) in [5, 5.41) is 0.